The van der Waals surface area contributed by atoms with E-state index in [0.717, 1.165) is 0 Å². The van der Waals surface area contributed by atoms with Crippen molar-refractivity contribution in [2.24, 2.45) is 32.9 Å². The molecule has 0 spiro atoms. The van der Waals surface area contributed by atoms with Gasteiger partial charge in [-0.2, -0.15) is 0 Å². The quantitative estimate of drug-likeness (QED) is 0.364. The Bertz CT molecular complexity index is 960. The molecule has 0 unspecified atom stereocenters. The fourth-order valence-corrected chi connectivity index (χ4v) is 2.13. The molecule has 29 heavy (non-hydrogen) atoms. The number of guanidine groups is 2. The van der Waals surface area contributed by atoms with Gasteiger partial charge in [0.2, 0.25) is 0 Å². The molecule has 0 aliphatic heterocycles. The Labute approximate surface area is 167 Å². The smallest absolute Gasteiger partial charge is 0.408 e. The van der Waals surface area contributed by atoms with Crippen molar-refractivity contribution >= 4 is 41.0 Å². The Morgan fingerprint density at radius 1 is 0.897 bits per heavy atom. The van der Waals surface area contributed by atoms with Crippen LogP contribution in [-0.4, -0.2) is 42.9 Å². The van der Waals surface area contributed by atoms with E-state index in [1.807, 2.05) is 0 Å². The first kappa shape index (κ1) is 21.0. The molecule has 11 heteroatoms. The lowest BCUT2D eigenvalue weighted by molar-refractivity contribution is 0.102. The molecule has 0 aliphatic rings. The first-order valence-electron chi connectivity index (χ1n) is 8.29. The second kappa shape index (κ2) is 9.08. The number of rotatable bonds is 5. The van der Waals surface area contributed by atoms with E-state index in [1.54, 1.807) is 30.3 Å². The van der Waals surface area contributed by atoms with Gasteiger partial charge in [0.15, 0.2) is 17.7 Å². The zero-order valence-electron chi connectivity index (χ0n) is 15.9. The summed E-state index contributed by atoms with van der Waals surface area (Å²) in [5.41, 5.74) is 22.9. The summed E-state index contributed by atoms with van der Waals surface area (Å²) in [5, 5.41) is 2.68. The number of carbonyl (C=O) groups excluding carboxylic acids is 2. The summed E-state index contributed by atoms with van der Waals surface area (Å²) in [6.07, 6.45) is -0.635. The molecule has 0 aliphatic carbocycles. The Balaban J connectivity index is 2.29. The molecular weight excluding hydrogens is 376 g/mol. The van der Waals surface area contributed by atoms with Crippen LogP contribution < -0.4 is 33.0 Å². The molecular formula is C18H22N8O3. The van der Waals surface area contributed by atoms with E-state index in [9.17, 15) is 9.59 Å². The van der Waals surface area contributed by atoms with Crippen molar-refractivity contribution in [3.8, 4) is 5.75 Å². The molecule has 0 atom stereocenters. The number of nitrogens with zero attached hydrogens (tertiary/aromatic N) is 3. The van der Waals surface area contributed by atoms with E-state index in [0.29, 0.717) is 16.9 Å². The summed E-state index contributed by atoms with van der Waals surface area (Å²) in [4.78, 5) is 33.5. The van der Waals surface area contributed by atoms with Gasteiger partial charge in [-0.05, 0) is 36.4 Å². The Morgan fingerprint density at radius 3 is 2.00 bits per heavy atom. The lowest BCUT2D eigenvalue weighted by Gasteiger charge is -2.15. The van der Waals surface area contributed by atoms with Gasteiger partial charge in [0.05, 0.1) is 17.1 Å². The Kier molecular flexibility index (Phi) is 6.58. The largest absolute Gasteiger partial charge is 0.414 e. The van der Waals surface area contributed by atoms with Crippen molar-refractivity contribution in [2.45, 2.75) is 0 Å². The van der Waals surface area contributed by atoms with Gasteiger partial charge < -0.3 is 37.9 Å². The van der Waals surface area contributed by atoms with Crippen LogP contribution in [0, 0.1) is 0 Å². The maximum Gasteiger partial charge on any atom is 0.414 e. The lowest BCUT2D eigenvalue weighted by atomic mass is 10.2. The van der Waals surface area contributed by atoms with Crippen molar-refractivity contribution in [2.75, 3.05) is 19.4 Å². The van der Waals surface area contributed by atoms with Crippen molar-refractivity contribution in [3.63, 3.8) is 0 Å². The van der Waals surface area contributed by atoms with E-state index in [2.05, 4.69) is 15.3 Å². The number of benzene rings is 2. The zero-order valence-corrected chi connectivity index (χ0v) is 15.9. The van der Waals surface area contributed by atoms with Crippen molar-refractivity contribution in [3.05, 3.63) is 48.0 Å². The third kappa shape index (κ3) is 6.13. The van der Waals surface area contributed by atoms with Crippen LogP contribution in [0.25, 0.3) is 0 Å². The highest BCUT2D eigenvalue weighted by Gasteiger charge is 2.15. The zero-order chi connectivity index (χ0) is 21.6. The summed E-state index contributed by atoms with van der Waals surface area (Å²) in [6.45, 7) is 0. The van der Waals surface area contributed by atoms with Crippen LogP contribution >= 0.6 is 0 Å². The van der Waals surface area contributed by atoms with Crippen LogP contribution in [0.3, 0.4) is 0 Å². The number of nitrogens with two attached hydrogens (primary N) is 4. The highest BCUT2D eigenvalue weighted by Crippen LogP contribution is 2.30. The van der Waals surface area contributed by atoms with Gasteiger partial charge >= 0.3 is 6.09 Å². The number of anilines is 1. The molecule has 0 saturated carbocycles. The molecule has 0 aromatic heterocycles. The summed E-state index contributed by atoms with van der Waals surface area (Å²) in [5.74, 6) is -0.599. The van der Waals surface area contributed by atoms with E-state index in [1.165, 1.54) is 31.1 Å². The minimum absolute atomic E-state index is 0.0803. The third-order valence-corrected chi connectivity index (χ3v) is 3.42. The topological polar surface area (TPSA) is 187 Å². The molecule has 2 aromatic rings. The summed E-state index contributed by atoms with van der Waals surface area (Å²) < 4.78 is 5.30. The highest BCUT2D eigenvalue weighted by atomic mass is 16.6. The molecule has 0 radical (unpaired) electrons. The predicted molar refractivity (Wildman–Crippen MR) is 111 cm³/mol. The Morgan fingerprint density at radius 2 is 1.45 bits per heavy atom. The van der Waals surface area contributed by atoms with Crippen LogP contribution in [0.2, 0.25) is 0 Å². The van der Waals surface area contributed by atoms with Crippen LogP contribution in [-0.2, 0) is 0 Å². The van der Waals surface area contributed by atoms with E-state index in [4.69, 9.17) is 27.7 Å². The van der Waals surface area contributed by atoms with Gasteiger partial charge in [-0.15, -0.1) is 0 Å². The second-order valence-electron chi connectivity index (χ2n) is 6.02. The van der Waals surface area contributed by atoms with Crippen molar-refractivity contribution in [1.82, 2.24) is 4.90 Å². The fraction of sp³-hybridized carbons (Fsp3) is 0.111. The molecule has 2 rings (SSSR count). The molecule has 2 amide bonds. The number of aliphatic imine (C=N–C) groups is 2. The number of ether oxygens (including phenoxy) is 1. The van der Waals surface area contributed by atoms with Gasteiger partial charge in [-0.1, -0.05) is 0 Å². The predicted octanol–water partition coefficient (Wildman–Crippen LogP) is 0.809. The number of hydrogen-bond acceptors (Lipinski definition) is 5. The second-order valence-corrected chi connectivity index (χ2v) is 6.02. The standard InChI is InChI=1S/C18H22N8O3/c1-26(2)18(28)29-14-9-12(24-17(21)22)7-8-13(14)25-15(27)10-3-5-11(6-4-10)23-16(19)20/h3-9H,1-2H3,(H,25,27)(H4,19,20,23)(H4,21,22,24). The van der Waals surface area contributed by atoms with E-state index in [-0.39, 0.29) is 23.4 Å². The monoisotopic (exact) mass is 398 g/mol. The maximum absolute atomic E-state index is 12.6. The van der Waals surface area contributed by atoms with Gasteiger partial charge in [0, 0.05) is 25.7 Å². The van der Waals surface area contributed by atoms with Gasteiger partial charge in [0.1, 0.15) is 0 Å². The molecule has 0 heterocycles. The van der Waals surface area contributed by atoms with Crippen LogP contribution in [0.1, 0.15) is 10.4 Å². The first-order chi connectivity index (χ1) is 13.7. The molecule has 9 N–H and O–H groups in total. The number of amides is 2. The van der Waals surface area contributed by atoms with Crippen LogP contribution in [0.5, 0.6) is 5.75 Å². The van der Waals surface area contributed by atoms with Gasteiger partial charge in [-0.25, -0.2) is 14.8 Å². The van der Waals surface area contributed by atoms with Gasteiger partial charge in [-0.3, -0.25) is 4.79 Å². The van der Waals surface area contributed by atoms with Crippen LogP contribution in [0.4, 0.5) is 21.9 Å². The number of carbonyl (C=O) groups is 2. The number of nitrogens with one attached hydrogen (secondary N) is 1. The SMILES string of the molecule is CN(C)C(=O)Oc1cc(N=C(N)N)ccc1NC(=O)c1ccc(N=C(N)N)cc1. The first-order valence-corrected chi connectivity index (χ1v) is 8.29. The van der Waals surface area contributed by atoms with Gasteiger partial charge in [0.25, 0.3) is 5.91 Å². The summed E-state index contributed by atoms with van der Waals surface area (Å²) >= 11 is 0. The summed E-state index contributed by atoms with van der Waals surface area (Å²) in [7, 11) is 3.05. The molecule has 2 aromatic carbocycles. The van der Waals surface area contributed by atoms with Crippen molar-refractivity contribution < 1.29 is 14.3 Å². The number of hydrogen-bond donors (Lipinski definition) is 5. The minimum Gasteiger partial charge on any atom is -0.408 e. The normalized spacial score (nSPS) is 9.86. The minimum atomic E-state index is -0.635. The van der Waals surface area contributed by atoms with E-state index < -0.39 is 12.0 Å². The Hall–Kier alpha value is -4.28. The average molecular weight is 398 g/mol. The molecule has 152 valence electrons. The highest BCUT2D eigenvalue weighted by molar-refractivity contribution is 6.05. The fourth-order valence-electron chi connectivity index (χ4n) is 2.13. The maximum atomic E-state index is 12.6. The van der Waals surface area contributed by atoms with Crippen molar-refractivity contribution in [1.29, 1.82) is 0 Å². The molecule has 0 bridgehead atoms. The van der Waals surface area contributed by atoms with E-state index >= 15 is 0 Å². The lowest BCUT2D eigenvalue weighted by Crippen LogP contribution is -2.26. The molecule has 11 nitrogen and oxygen atoms in total. The molecule has 0 saturated heterocycles. The van der Waals surface area contributed by atoms with Crippen LogP contribution in [0.15, 0.2) is 52.4 Å². The molecule has 0 fully saturated rings. The third-order valence-electron chi connectivity index (χ3n) is 3.42. The average Bonchev–Trinajstić information content (AvgIpc) is 2.63. The summed E-state index contributed by atoms with van der Waals surface area (Å²) in [6, 6.07) is 10.8.